The molecule has 0 fully saturated rings. The lowest BCUT2D eigenvalue weighted by Gasteiger charge is -2.19. The number of fused-ring (bicyclic) bond motifs is 1. The van der Waals surface area contributed by atoms with Gasteiger partial charge in [0.05, 0.1) is 10.6 Å². The monoisotopic (exact) mass is 524 g/mol. The summed E-state index contributed by atoms with van der Waals surface area (Å²) < 4.78 is 34.0. The zero-order valence-corrected chi connectivity index (χ0v) is 19.5. The van der Waals surface area contributed by atoms with Gasteiger partial charge >= 0.3 is 6.01 Å². The van der Waals surface area contributed by atoms with E-state index in [4.69, 9.17) is 4.42 Å². The molecule has 10 heteroatoms. The fourth-order valence-corrected chi connectivity index (χ4v) is 5.55. The zero-order chi connectivity index (χ0) is 23.0. The lowest BCUT2D eigenvalue weighted by molar-refractivity contribution is 0.102. The highest BCUT2D eigenvalue weighted by Crippen LogP contribution is 2.32. The molecule has 3 aromatic carbocycles. The molecule has 0 unspecified atom stereocenters. The van der Waals surface area contributed by atoms with Gasteiger partial charge in [0.2, 0.25) is 5.89 Å². The Balaban J connectivity index is 1.31. The Morgan fingerprint density at radius 3 is 2.58 bits per heavy atom. The van der Waals surface area contributed by atoms with Crippen molar-refractivity contribution in [3.05, 3.63) is 88.4 Å². The molecule has 8 nitrogen and oxygen atoms in total. The number of hydrogen-bond donors (Lipinski definition) is 1. The number of carbonyl (C=O) groups excluding carboxylic acids is 1. The van der Waals surface area contributed by atoms with Crippen LogP contribution in [0.1, 0.15) is 15.9 Å². The lowest BCUT2D eigenvalue weighted by Crippen LogP contribution is -2.29. The second-order valence-corrected chi connectivity index (χ2v) is 10.1. The number of aromatic nitrogens is 2. The Morgan fingerprint density at radius 2 is 1.79 bits per heavy atom. The van der Waals surface area contributed by atoms with Crippen molar-refractivity contribution in [2.24, 2.45) is 0 Å². The predicted molar refractivity (Wildman–Crippen MR) is 127 cm³/mol. The van der Waals surface area contributed by atoms with Crippen LogP contribution < -0.4 is 9.62 Å². The van der Waals surface area contributed by atoms with Gasteiger partial charge in [0, 0.05) is 22.1 Å². The minimum absolute atomic E-state index is 0.0552. The van der Waals surface area contributed by atoms with E-state index in [1.165, 1.54) is 28.6 Å². The predicted octanol–water partition coefficient (Wildman–Crippen LogP) is 4.50. The SMILES string of the molecule is O=C(Nc1nnc(-c2cccc(Br)c2)o1)c1ccc(S(=O)(=O)N2CCc3ccccc32)cc1. The number of benzene rings is 3. The molecule has 5 rings (SSSR count). The molecule has 166 valence electrons. The number of nitrogens with zero attached hydrogens (tertiary/aromatic N) is 3. The van der Waals surface area contributed by atoms with Crippen molar-refractivity contribution < 1.29 is 17.6 Å². The third-order valence-electron chi connectivity index (χ3n) is 5.27. The maximum Gasteiger partial charge on any atom is 0.322 e. The Kier molecular flexibility index (Phi) is 5.47. The van der Waals surface area contributed by atoms with Crippen molar-refractivity contribution in [2.75, 3.05) is 16.2 Å². The van der Waals surface area contributed by atoms with E-state index in [-0.39, 0.29) is 22.4 Å². The van der Waals surface area contributed by atoms with Crippen molar-refractivity contribution >= 4 is 43.6 Å². The lowest BCUT2D eigenvalue weighted by atomic mass is 10.2. The number of sulfonamides is 1. The van der Waals surface area contributed by atoms with Crippen LogP contribution in [0.3, 0.4) is 0 Å². The summed E-state index contributed by atoms with van der Waals surface area (Å²) in [6.07, 6.45) is 0.669. The first-order valence-corrected chi connectivity index (χ1v) is 12.3. The van der Waals surface area contributed by atoms with Crippen LogP contribution in [0.15, 0.2) is 86.6 Å². The van der Waals surface area contributed by atoms with Crippen molar-refractivity contribution in [1.29, 1.82) is 0 Å². The van der Waals surface area contributed by atoms with Crippen LogP contribution in [0.2, 0.25) is 0 Å². The summed E-state index contributed by atoms with van der Waals surface area (Å²) in [7, 11) is -3.73. The van der Waals surface area contributed by atoms with Gasteiger partial charge in [0.25, 0.3) is 15.9 Å². The number of para-hydroxylation sites is 1. The summed E-state index contributed by atoms with van der Waals surface area (Å²) in [5.74, 6) is -0.228. The molecule has 0 saturated carbocycles. The van der Waals surface area contributed by atoms with Gasteiger partial charge in [-0.25, -0.2) is 8.42 Å². The molecule has 0 radical (unpaired) electrons. The number of anilines is 2. The highest BCUT2D eigenvalue weighted by molar-refractivity contribution is 9.10. The van der Waals surface area contributed by atoms with Crippen LogP contribution in [-0.4, -0.2) is 31.1 Å². The molecule has 33 heavy (non-hydrogen) atoms. The van der Waals surface area contributed by atoms with E-state index in [9.17, 15) is 13.2 Å². The molecule has 1 aliphatic rings. The molecule has 1 aliphatic heterocycles. The summed E-state index contributed by atoms with van der Waals surface area (Å²) in [5.41, 5.74) is 2.66. The normalized spacial score (nSPS) is 13.1. The van der Waals surface area contributed by atoms with E-state index in [0.717, 1.165) is 10.0 Å². The van der Waals surface area contributed by atoms with E-state index in [0.29, 0.717) is 24.2 Å². The molecular formula is C23H17BrN4O4S. The van der Waals surface area contributed by atoms with Crippen molar-refractivity contribution in [2.45, 2.75) is 11.3 Å². The van der Waals surface area contributed by atoms with E-state index in [1.54, 1.807) is 6.07 Å². The van der Waals surface area contributed by atoms with Gasteiger partial charge < -0.3 is 4.42 Å². The van der Waals surface area contributed by atoms with Gasteiger partial charge in [-0.15, -0.1) is 5.10 Å². The van der Waals surface area contributed by atoms with Gasteiger partial charge in [0.1, 0.15) is 0 Å². The molecule has 0 aliphatic carbocycles. The molecule has 1 amide bonds. The second-order valence-electron chi connectivity index (χ2n) is 7.36. The summed E-state index contributed by atoms with van der Waals surface area (Å²) >= 11 is 3.38. The Morgan fingerprint density at radius 1 is 1.00 bits per heavy atom. The van der Waals surface area contributed by atoms with Gasteiger partial charge in [0.15, 0.2) is 0 Å². The topological polar surface area (TPSA) is 105 Å². The summed E-state index contributed by atoms with van der Waals surface area (Å²) in [5, 5.41) is 10.3. The first-order valence-electron chi connectivity index (χ1n) is 10.0. The quantitative estimate of drug-likeness (QED) is 0.411. The Labute approximate surface area is 198 Å². The maximum atomic E-state index is 13.1. The smallest absolute Gasteiger partial charge is 0.322 e. The third-order valence-corrected chi connectivity index (χ3v) is 7.59. The highest BCUT2D eigenvalue weighted by Gasteiger charge is 2.30. The fourth-order valence-electron chi connectivity index (χ4n) is 3.64. The molecule has 1 N–H and O–H groups in total. The number of amides is 1. The first kappa shape index (κ1) is 21.4. The molecular weight excluding hydrogens is 508 g/mol. The van der Waals surface area contributed by atoms with Crippen molar-refractivity contribution in [3.8, 4) is 11.5 Å². The second kappa shape index (κ2) is 8.45. The van der Waals surface area contributed by atoms with Gasteiger partial charge in [-0.2, -0.15) is 0 Å². The molecule has 4 aromatic rings. The van der Waals surface area contributed by atoms with Crippen LogP contribution in [0.25, 0.3) is 11.5 Å². The summed E-state index contributed by atoms with van der Waals surface area (Å²) in [4.78, 5) is 12.7. The van der Waals surface area contributed by atoms with Crippen LogP contribution >= 0.6 is 15.9 Å². The number of nitrogens with one attached hydrogen (secondary N) is 1. The van der Waals surface area contributed by atoms with Crippen molar-refractivity contribution in [1.82, 2.24) is 10.2 Å². The average Bonchev–Trinajstić information content (AvgIpc) is 3.47. The van der Waals surface area contributed by atoms with E-state index in [1.807, 2.05) is 42.5 Å². The fraction of sp³-hybridized carbons (Fsp3) is 0.0870. The van der Waals surface area contributed by atoms with Gasteiger partial charge in [-0.3, -0.25) is 14.4 Å². The maximum absolute atomic E-state index is 13.1. The third kappa shape index (κ3) is 4.14. The van der Waals surface area contributed by atoms with Gasteiger partial charge in [-0.1, -0.05) is 45.3 Å². The molecule has 0 spiro atoms. The number of halogens is 1. The Bertz CT molecular complexity index is 1450. The number of carbonyl (C=O) groups is 1. The minimum Gasteiger partial charge on any atom is -0.403 e. The van der Waals surface area contributed by atoms with E-state index >= 15 is 0 Å². The number of hydrogen-bond acceptors (Lipinski definition) is 6. The van der Waals surface area contributed by atoms with E-state index < -0.39 is 15.9 Å². The van der Waals surface area contributed by atoms with Crippen molar-refractivity contribution in [3.63, 3.8) is 0 Å². The highest BCUT2D eigenvalue weighted by atomic mass is 79.9. The molecule has 0 bridgehead atoms. The molecule has 0 saturated heterocycles. The largest absolute Gasteiger partial charge is 0.403 e. The first-order chi connectivity index (χ1) is 15.9. The molecule has 1 aromatic heterocycles. The summed E-state index contributed by atoms with van der Waals surface area (Å²) in [6, 6.07) is 20.5. The van der Waals surface area contributed by atoms with Crippen LogP contribution in [0.4, 0.5) is 11.7 Å². The number of rotatable bonds is 5. The standard InChI is InChI=1S/C23H17BrN4O4S/c24-18-6-3-5-17(14-18)22-26-27-23(32-22)25-21(29)16-8-10-19(11-9-16)33(30,31)28-13-12-15-4-1-2-7-20(15)28/h1-11,14H,12-13H2,(H,25,27,29). The van der Waals surface area contributed by atoms with Crippen LogP contribution in [0, 0.1) is 0 Å². The average molecular weight is 525 g/mol. The Hall–Kier alpha value is -3.50. The zero-order valence-electron chi connectivity index (χ0n) is 17.1. The minimum atomic E-state index is -3.73. The van der Waals surface area contributed by atoms with Crippen LogP contribution in [-0.2, 0) is 16.4 Å². The van der Waals surface area contributed by atoms with Crippen LogP contribution in [0.5, 0.6) is 0 Å². The van der Waals surface area contributed by atoms with E-state index in [2.05, 4.69) is 31.4 Å². The summed E-state index contributed by atoms with van der Waals surface area (Å²) in [6.45, 7) is 0.390. The molecule has 2 heterocycles. The molecule has 0 atom stereocenters. The van der Waals surface area contributed by atoms with Gasteiger partial charge in [-0.05, 0) is 60.5 Å².